The van der Waals surface area contributed by atoms with E-state index in [-0.39, 0.29) is 0 Å². The summed E-state index contributed by atoms with van der Waals surface area (Å²) >= 11 is 0. The molecule has 0 aromatic heterocycles. The van der Waals surface area contributed by atoms with E-state index in [0.29, 0.717) is 5.92 Å². The van der Waals surface area contributed by atoms with E-state index in [9.17, 15) is 0 Å². The Morgan fingerprint density at radius 1 is 1.31 bits per heavy atom. The maximum Gasteiger partial charge on any atom is -0.00477 e. The van der Waals surface area contributed by atoms with Crippen molar-refractivity contribution >= 4 is 6.21 Å². The zero-order valence-corrected chi connectivity index (χ0v) is 8.16. The van der Waals surface area contributed by atoms with Gasteiger partial charge in [-0.1, -0.05) is 37.3 Å². The summed E-state index contributed by atoms with van der Waals surface area (Å²) in [6.07, 6.45) is 4.72. The molecule has 0 amide bonds. The number of rotatable bonds is 5. The van der Waals surface area contributed by atoms with Gasteiger partial charge >= 0.3 is 0 Å². The van der Waals surface area contributed by atoms with E-state index in [1.807, 2.05) is 6.07 Å². The molecule has 0 aliphatic rings. The maximum absolute atomic E-state index is 6.93. The van der Waals surface area contributed by atoms with Crippen molar-refractivity contribution < 1.29 is 0 Å². The van der Waals surface area contributed by atoms with Crippen molar-refractivity contribution in [2.24, 2.45) is 0 Å². The van der Waals surface area contributed by atoms with Crippen LogP contribution in [0.5, 0.6) is 0 Å². The third kappa shape index (κ3) is 3.41. The summed E-state index contributed by atoms with van der Waals surface area (Å²) in [6, 6.07) is 10.6. The molecular weight excluding hydrogens is 158 g/mol. The van der Waals surface area contributed by atoms with Gasteiger partial charge in [0.1, 0.15) is 0 Å². The van der Waals surface area contributed by atoms with Gasteiger partial charge in [0, 0.05) is 0 Å². The molecule has 1 unspecified atom stereocenters. The van der Waals surface area contributed by atoms with Gasteiger partial charge < -0.3 is 5.41 Å². The normalized spacial score (nSPS) is 12.4. The highest BCUT2D eigenvalue weighted by Gasteiger charge is 2.02. The summed E-state index contributed by atoms with van der Waals surface area (Å²) in [6.45, 7) is 2.25. The van der Waals surface area contributed by atoms with E-state index >= 15 is 0 Å². The molecule has 1 heteroatoms. The first-order valence-corrected chi connectivity index (χ1v) is 4.88. The van der Waals surface area contributed by atoms with Crippen molar-refractivity contribution in [2.45, 2.75) is 32.1 Å². The summed E-state index contributed by atoms with van der Waals surface area (Å²) in [5.41, 5.74) is 1.41. The van der Waals surface area contributed by atoms with Gasteiger partial charge in [-0.3, -0.25) is 0 Å². The van der Waals surface area contributed by atoms with Crippen LogP contribution < -0.4 is 0 Å². The molecule has 1 atom stereocenters. The van der Waals surface area contributed by atoms with Crippen LogP contribution in [0.3, 0.4) is 0 Å². The lowest BCUT2D eigenvalue weighted by Crippen LogP contribution is -1.93. The van der Waals surface area contributed by atoms with Gasteiger partial charge in [-0.05, 0) is 37.0 Å². The molecule has 0 aliphatic carbocycles. The van der Waals surface area contributed by atoms with Crippen LogP contribution in [0.1, 0.15) is 37.7 Å². The Labute approximate surface area is 80.3 Å². The molecule has 13 heavy (non-hydrogen) atoms. The molecule has 0 spiro atoms. The van der Waals surface area contributed by atoms with Crippen LogP contribution in [-0.2, 0) is 0 Å². The largest absolute Gasteiger partial charge is 0.313 e. The first kappa shape index (κ1) is 9.97. The van der Waals surface area contributed by atoms with Crippen molar-refractivity contribution in [3.63, 3.8) is 0 Å². The molecule has 1 N–H and O–H groups in total. The third-order valence-electron chi connectivity index (χ3n) is 2.35. The summed E-state index contributed by atoms with van der Waals surface area (Å²) in [4.78, 5) is 0. The lowest BCUT2D eigenvalue weighted by atomic mass is 9.96. The van der Waals surface area contributed by atoms with Crippen molar-refractivity contribution in [3.05, 3.63) is 35.9 Å². The standard InChI is InChI=1S/C12H17N/c1-11(7-5-6-10-13)12-8-3-2-4-9-12/h2-4,8-11,13H,5-7H2,1H3. The van der Waals surface area contributed by atoms with E-state index in [0.717, 1.165) is 12.8 Å². The van der Waals surface area contributed by atoms with Gasteiger partial charge in [0.15, 0.2) is 0 Å². The lowest BCUT2D eigenvalue weighted by molar-refractivity contribution is 0.649. The monoisotopic (exact) mass is 175 g/mol. The van der Waals surface area contributed by atoms with Gasteiger partial charge in [-0.25, -0.2) is 0 Å². The molecule has 0 aliphatic heterocycles. The Morgan fingerprint density at radius 2 is 2.00 bits per heavy atom. The molecule has 70 valence electrons. The Balaban J connectivity index is 2.39. The predicted octanol–water partition coefficient (Wildman–Crippen LogP) is 3.61. The number of benzene rings is 1. The molecule has 0 heterocycles. The number of hydrogen-bond acceptors (Lipinski definition) is 1. The molecule has 0 saturated heterocycles. The topological polar surface area (TPSA) is 23.9 Å². The van der Waals surface area contributed by atoms with Crippen molar-refractivity contribution in [2.75, 3.05) is 0 Å². The third-order valence-corrected chi connectivity index (χ3v) is 2.35. The Kier molecular flexibility index (Phi) is 4.24. The maximum atomic E-state index is 6.93. The van der Waals surface area contributed by atoms with Gasteiger partial charge in [0.05, 0.1) is 0 Å². The van der Waals surface area contributed by atoms with Crippen molar-refractivity contribution in [1.29, 1.82) is 5.41 Å². The summed E-state index contributed by atoms with van der Waals surface area (Å²) < 4.78 is 0. The minimum atomic E-state index is 0.626. The Hall–Kier alpha value is -1.11. The quantitative estimate of drug-likeness (QED) is 0.522. The minimum Gasteiger partial charge on any atom is -0.313 e. The van der Waals surface area contributed by atoms with Gasteiger partial charge in [-0.15, -0.1) is 0 Å². The highest BCUT2D eigenvalue weighted by molar-refractivity contribution is 5.52. The second-order valence-corrected chi connectivity index (χ2v) is 3.45. The van der Waals surface area contributed by atoms with Crippen molar-refractivity contribution in [1.82, 2.24) is 0 Å². The lowest BCUT2D eigenvalue weighted by Gasteiger charge is -2.10. The second kappa shape index (κ2) is 5.52. The fourth-order valence-corrected chi connectivity index (χ4v) is 1.47. The minimum absolute atomic E-state index is 0.626. The van der Waals surface area contributed by atoms with Gasteiger partial charge in [0.2, 0.25) is 0 Å². The van der Waals surface area contributed by atoms with Crippen LogP contribution in [0.4, 0.5) is 0 Å². The fraction of sp³-hybridized carbons (Fsp3) is 0.417. The number of nitrogens with one attached hydrogen (secondary N) is 1. The molecule has 1 nitrogen and oxygen atoms in total. The van der Waals surface area contributed by atoms with E-state index in [4.69, 9.17) is 5.41 Å². The van der Waals surface area contributed by atoms with Crippen LogP contribution in [-0.4, -0.2) is 6.21 Å². The molecule has 1 aromatic rings. The SMILES string of the molecule is CC(CCCC=N)c1ccccc1. The van der Waals surface area contributed by atoms with Crippen molar-refractivity contribution in [3.8, 4) is 0 Å². The molecule has 1 aromatic carbocycles. The highest BCUT2D eigenvalue weighted by Crippen LogP contribution is 2.20. The summed E-state index contributed by atoms with van der Waals surface area (Å²) in [5, 5.41) is 6.93. The summed E-state index contributed by atoms with van der Waals surface area (Å²) in [7, 11) is 0. The smallest absolute Gasteiger partial charge is 0.00477 e. The van der Waals surface area contributed by atoms with E-state index in [2.05, 4.69) is 31.2 Å². The molecule has 0 fully saturated rings. The first-order valence-electron chi connectivity index (χ1n) is 4.88. The van der Waals surface area contributed by atoms with E-state index in [1.165, 1.54) is 18.2 Å². The number of unbranched alkanes of at least 4 members (excludes halogenated alkanes) is 1. The van der Waals surface area contributed by atoms with E-state index < -0.39 is 0 Å². The molecule has 0 bridgehead atoms. The van der Waals surface area contributed by atoms with Crippen LogP contribution in [0, 0.1) is 5.41 Å². The van der Waals surface area contributed by atoms with Gasteiger partial charge in [-0.2, -0.15) is 0 Å². The zero-order valence-electron chi connectivity index (χ0n) is 8.16. The average molecular weight is 175 g/mol. The summed E-state index contributed by atoms with van der Waals surface area (Å²) in [5.74, 6) is 0.626. The average Bonchev–Trinajstić information content (AvgIpc) is 2.19. The first-order chi connectivity index (χ1) is 6.34. The second-order valence-electron chi connectivity index (χ2n) is 3.45. The Morgan fingerprint density at radius 3 is 2.62 bits per heavy atom. The molecule has 0 radical (unpaired) electrons. The molecule has 1 rings (SSSR count). The Bertz CT molecular complexity index is 241. The molecule has 0 saturated carbocycles. The predicted molar refractivity (Wildman–Crippen MR) is 57.5 cm³/mol. The van der Waals surface area contributed by atoms with Crippen LogP contribution in [0.2, 0.25) is 0 Å². The molecular formula is C12H17N. The van der Waals surface area contributed by atoms with Crippen LogP contribution in [0.15, 0.2) is 30.3 Å². The van der Waals surface area contributed by atoms with Crippen LogP contribution in [0.25, 0.3) is 0 Å². The highest BCUT2D eigenvalue weighted by atomic mass is 14.3. The van der Waals surface area contributed by atoms with E-state index in [1.54, 1.807) is 0 Å². The number of hydrogen-bond donors (Lipinski definition) is 1. The van der Waals surface area contributed by atoms with Crippen LogP contribution >= 0.6 is 0 Å². The zero-order chi connectivity index (χ0) is 9.52. The van der Waals surface area contributed by atoms with Gasteiger partial charge in [0.25, 0.3) is 0 Å². The fourth-order valence-electron chi connectivity index (χ4n) is 1.47.